The smallest absolute Gasteiger partial charge is 0.273 e. The summed E-state index contributed by atoms with van der Waals surface area (Å²) in [6, 6.07) is 18.8. The van der Waals surface area contributed by atoms with Crippen LogP contribution in [-0.4, -0.2) is 25.7 Å². The number of hydrogen-bond donors (Lipinski definition) is 0. The fraction of sp³-hybridized carbons (Fsp3) is 0.250. The molecule has 0 aliphatic heterocycles. The third-order valence-corrected chi connectivity index (χ3v) is 4.82. The molecule has 0 bridgehead atoms. The van der Waals surface area contributed by atoms with E-state index < -0.39 is 11.2 Å². The summed E-state index contributed by atoms with van der Waals surface area (Å²) < 4.78 is 21.7. The van der Waals surface area contributed by atoms with Crippen LogP contribution in [0.25, 0.3) is 0 Å². The zero-order chi connectivity index (χ0) is 22.9. The second-order valence-corrected chi connectivity index (χ2v) is 6.89. The number of nitrogens with zero attached hydrogens (tertiary/aromatic N) is 1. The average molecular weight is 438 g/mol. The van der Waals surface area contributed by atoms with Gasteiger partial charge in [-0.3, -0.25) is 10.1 Å². The Morgan fingerprint density at radius 2 is 1.66 bits per heavy atom. The van der Waals surface area contributed by atoms with Gasteiger partial charge in [0.25, 0.3) is 5.69 Å². The van der Waals surface area contributed by atoms with Crippen molar-refractivity contribution in [2.45, 2.75) is 19.3 Å². The van der Waals surface area contributed by atoms with Crippen molar-refractivity contribution in [3.8, 4) is 17.2 Å². The molecule has 0 aliphatic carbocycles. The van der Waals surface area contributed by atoms with Crippen molar-refractivity contribution in [3.63, 3.8) is 0 Å². The van der Waals surface area contributed by atoms with Gasteiger partial charge in [0.05, 0.1) is 38.4 Å². The summed E-state index contributed by atoms with van der Waals surface area (Å²) in [7, 11) is 2.99. The Hall–Kier alpha value is -3.62. The molecule has 0 saturated carbocycles. The Morgan fingerprint density at radius 3 is 2.34 bits per heavy atom. The van der Waals surface area contributed by atoms with Crippen LogP contribution in [-0.2, 0) is 22.9 Å². The SMILES string of the molecule is COc1ccc(C([O])OCc2ccc([N+](=O)[O-])cc2OCCc2ccccc2)cc1OC. The largest absolute Gasteiger partial charge is 0.493 e. The van der Waals surface area contributed by atoms with Crippen molar-refractivity contribution >= 4 is 5.69 Å². The molecule has 0 aliphatic rings. The quantitative estimate of drug-likeness (QED) is 0.240. The van der Waals surface area contributed by atoms with Gasteiger partial charge < -0.3 is 18.9 Å². The van der Waals surface area contributed by atoms with Crippen molar-refractivity contribution in [2.75, 3.05) is 20.8 Å². The van der Waals surface area contributed by atoms with Crippen LogP contribution in [0.1, 0.15) is 23.0 Å². The average Bonchev–Trinajstić information content (AvgIpc) is 2.83. The molecule has 3 rings (SSSR count). The van der Waals surface area contributed by atoms with E-state index in [9.17, 15) is 15.2 Å². The number of rotatable bonds is 11. The lowest BCUT2D eigenvalue weighted by molar-refractivity contribution is -0.385. The van der Waals surface area contributed by atoms with Crippen molar-refractivity contribution in [1.29, 1.82) is 0 Å². The summed E-state index contributed by atoms with van der Waals surface area (Å²) in [5.41, 5.74) is 1.91. The van der Waals surface area contributed by atoms with E-state index in [4.69, 9.17) is 18.9 Å². The lowest BCUT2D eigenvalue weighted by Gasteiger charge is -2.15. The molecule has 8 nitrogen and oxygen atoms in total. The maximum atomic E-state index is 12.6. The highest BCUT2D eigenvalue weighted by Crippen LogP contribution is 2.32. The molecule has 0 fully saturated rings. The molecule has 0 amide bonds. The summed E-state index contributed by atoms with van der Waals surface area (Å²) in [5.74, 6) is 1.25. The Kier molecular flexibility index (Phi) is 8.02. The van der Waals surface area contributed by atoms with Crippen molar-refractivity contribution in [2.24, 2.45) is 0 Å². The molecule has 32 heavy (non-hydrogen) atoms. The molecule has 0 spiro atoms. The number of methoxy groups -OCH3 is 2. The minimum absolute atomic E-state index is 0.0683. The maximum Gasteiger partial charge on any atom is 0.273 e. The van der Waals surface area contributed by atoms with Gasteiger partial charge in [-0.25, -0.2) is 0 Å². The van der Waals surface area contributed by atoms with Gasteiger partial charge in [0, 0.05) is 23.6 Å². The summed E-state index contributed by atoms with van der Waals surface area (Å²) >= 11 is 0. The summed E-state index contributed by atoms with van der Waals surface area (Å²) in [6.45, 7) is 0.260. The maximum absolute atomic E-state index is 12.6. The number of nitro groups is 1. The van der Waals surface area contributed by atoms with Crippen LogP contribution in [0, 0.1) is 10.1 Å². The van der Waals surface area contributed by atoms with Crippen LogP contribution in [0.3, 0.4) is 0 Å². The molecule has 1 radical (unpaired) electrons. The molecule has 167 valence electrons. The van der Waals surface area contributed by atoms with Crippen LogP contribution in [0.15, 0.2) is 66.7 Å². The zero-order valence-electron chi connectivity index (χ0n) is 17.9. The van der Waals surface area contributed by atoms with Crippen LogP contribution in [0.5, 0.6) is 17.2 Å². The van der Waals surface area contributed by atoms with Gasteiger partial charge in [0.1, 0.15) is 5.75 Å². The Labute approximate surface area is 186 Å². The topological polar surface area (TPSA) is 100.0 Å². The first kappa shape index (κ1) is 23.1. The molecule has 0 heterocycles. The lowest BCUT2D eigenvalue weighted by Crippen LogP contribution is -2.07. The van der Waals surface area contributed by atoms with Gasteiger partial charge in [-0.05, 0) is 29.8 Å². The van der Waals surface area contributed by atoms with Gasteiger partial charge in [0.2, 0.25) is 6.29 Å². The van der Waals surface area contributed by atoms with E-state index in [0.29, 0.717) is 41.4 Å². The molecule has 1 atom stereocenters. The van der Waals surface area contributed by atoms with E-state index >= 15 is 0 Å². The molecule has 3 aromatic rings. The van der Waals surface area contributed by atoms with Gasteiger partial charge >= 0.3 is 0 Å². The van der Waals surface area contributed by atoms with Gasteiger partial charge in [-0.1, -0.05) is 30.3 Å². The van der Waals surface area contributed by atoms with E-state index in [2.05, 4.69) is 0 Å². The highest BCUT2D eigenvalue weighted by Gasteiger charge is 2.17. The Balaban J connectivity index is 1.70. The third kappa shape index (κ3) is 5.96. The fourth-order valence-corrected chi connectivity index (χ4v) is 3.10. The predicted octanol–water partition coefficient (Wildman–Crippen LogP) is 4.88. The fourth-order valence-electron chi connectivity index (χ4n) is 3.10. The molecule has 3 aromatic carbocycles. The monoisotopic (exact) mass is 438 g/mol. The first-order valence-corrected chi connectivity index (χ1v) is 9.95. The Bertz CT molecular complexity index is 1040. The number of ether oxygens (including phenoxy) is 4. The lowest BCUT2D eigenvalue weighted by atomic mass is 10.1. The van der Waals surface area contributed by atoms with E-state index in [0.717, 1.165) is 5.56 Å². The van der Waals surface area contributed by atoms with Gasteiger partial charge in [-0.15, -0.1) is 0 Å². The third-order valence-electron chi connectivity index (χ3n) is 4.82. The highest BCUT2D eigenvalue weighted by atomic mass is 16.6. The summed E-state index contributed by atoms with van der Waals surface area (Å²) in [6.07, 6.45) is -0.846. The molecule has 0 saturated heterocycles. The summed E-state index contributed by atoms with van der Waals surface area (Å²) in [4.78, 5) is 10.7. The molecule has 0 N–H and O–H groups in total. The number of non-ortho nitro benzene ring substituents is 1. The molecule has 0 aromatic heterocycles. The first-order valence-electron chi connectivity index (χ1n) is 9.95. The van der Waals surface area contributed by atoms with Crippen LogP contribution >= 0.6 is 0 Å². The number of hydrogen-bond acceptors (Lipinski definition) is 6. The number of benzene rings is 3. The van der Waals surface area contributed by atoms with Gasteiger partial charge in [0.15, 0.2) is 11.5 Å². The predicted molar refractivity (Wildman–Crippen MR) is 116 cm³/mol. The minimum atomic E-state index is -1.48. The van der Waals surface area contributed by atoms with Crippen molar-refractivity contribution in [3.05, 3.63) is 93.5 Å². The number of nitro benzene ring substituents is 1. The second-order valence-electron chi connectivity index (χ2n) is 6.89. The van der Waals surface area contributed by atoms with Gasteiger partial charge in [-0.2, -0.15) is 5.11 Å². The van der Waals surface area contributed by atoms with Crippen molar-refractivity contribution < 1.29 is 29.0 Å². The normalized spacial score (nSPS) is 11.6. The second kappa shape index (κ2) is 11.1. The molecule has 1 unspecified atom stereocenters. The molecular formula is C24H24NO7. The van der Waals surface area contributed by atoms with E-state index in [-0.39, 0.29) is 12.3 Å². The van der Waals surface area contributed by atoms with E-state index in [1.54, 1.807) is 18.2 Å². The van der Waals surface area contributed by atoms with E-state index in [1.165, 1.54) is 32.4 Å². The van der Waals surface area contributed by atoms with Crippen LogP contribution < -0.4 is 14.2 Å². The van der Waals surface area contributed by atoms with Crippen LogP contribution in [0.4, 0.5) is 5.69 Å². The zero-order valence-corrected chi connectivity index (χ0v) is 17.9. The van der Waals surface area contributed by atoms with Crippen molar-refractivity contribution in [1.82, 2.24) is 0 Å². The Morgan fingerprint density at radius 1 is 0.906 bits per heavy atom. The molecule has 8 heteroatoms. The van der Waals surface area contributed by atoms with E-state index in [1.807, 2.05) is 30.3 Å². The highest BCUT2D eigenvalue weighted by molar-refractivity contribution is 5.45. The van der Waals surface area contributed by atoms with Crippen LogP contribution in [0.2, 0.25) is 0 Å². The first-order chi connectivity index (χ1) is 15.5. The minimum Gasteiger partial charge on any atom is -0.493 e. The standard InChI is InChI=1S/C24H24NO7/c1-29-21-11-9-18(14-23(21)30-2)24(26)32-16-19-8-10-20(25(27)28)15-22(19)31-13-12-17-6-4-3-5-7-17/h3-11,14-15,24H,12-13,16H2,1-2H3. The molecular weight excluding hydrogens is 414 g/mol. The summed E-state index contributed by atoms with van der Waals surface area (Å²) in [5, 5.41) is 23.8.